The van der Waals surface area contributed by atoms with Crippen molar-refractivity contribution in [3.63, 3.8) is 0 Å². The number of piperidine rings is 1. The third-order valence-electron chi connectivity index (χ3n) is 4.70. The van der Waals surface area contributed by atoms with E-state index < -0.39 is 6.03 Å². The van der Waals surface area contributed by atoms with Crippen molar-refractivity contribution in [1.29, 1.82) is 0 Å². The van der Waals surface area contributed by atoms with Gasteiger partial charge in [-0.2, -0.15) is 0 Å². The molecule has 2 fully saturated rings. The Morgan fingerprint density at radius 2 is 1.88 bits per heavy atom. The molecule has 2 aliphatic heterocycles. The Morgan fingerprint density at radius 1 is 1.12 bits per heavy atom. The smallest absolute Gasteiger partial charge is 0.314 e. The van der Waals surface area contributed by atoms with Crippen molar-refractivity contribution >= 4 is 11.9 Å². The predicted octanol–water partition coefficient (Wildman–Crippen LogP) is 1.52. The van der Waals surface area contributed by atoms with Crippen LogP contribution in [0.1, 0.15) is 24.5 Å². The molecule has 3 rings (SSSR count). The molecule has 0 aromatic heterocycles. The number of hydrogen-bond donors (Lipinski definition) is 1. The average Bonchev–Trinajstić information content (AvgIpc) is 2.62. The van der Waals surface area contributed by atoms with Crippen molar-refractivity contribution in [1.82, 2.24) is 9.80 Å². The van der Waals surface area contributed by atoms with Crippen LogP contribution in [-0.4, -0.2) is 54.5 Å². The molecular weight excluding hydrogens is 313 g/mol. The van der Waals surface area contributed by atoms with E-state index in [1.807, 2.05) is 0 Å². The number of ether oxygens (including phenoxy) is 1. The van der Waals surface area contributed by atoms with Gasteiger partial charge in [0.15, 0.2) is 0 Å². The molecule has 24 heavy (non-hydrogen) atoms. The van der Waals surface area contributed by atoms with Gasteiger partial charge in [-0.25, -0.2) is 9.18 Å². The lowest BCUT2D eigenvalue weighted by molar-refractivity contribution is -0.144. The Bertz CT molecular complexity index is 608. The zero-order valence-electron chi connectivity index (χ0n) is 13.5. The Kier molecular flexibility index (Phi) is 4.99. The normalized spacial score (nSPS) is 24.7. The number of morpholine rings is 1. The van der Waals surface area contributed by atoms with Crippen LogP contribution < -0.4 is 5.73 Å². The fraction of sp³-hybridized carbons (Fsp3) is 0.529. The molecule has 7 heteroatoms. The topological polar surface area (TPSA) is 75.9 Å². The summed E-state index contributed by atoms with van der Waals surface area (Å²) in [5, 5.41) is 0. The molecule has 0 saturated carbocycles. The van der Waals surface area contributed by atoms with E-state index in [1.165, 1.54) is 17.0 Å². The van der Waals surface area contributed by atoms with Crippen LogP contribution >= 0.6 is 0 Å². The van der Waals surface area contributed by atoms with Gasteiger partial charge in [0.25, 0.3) is 0 Å². The first kappa shape index (κ1) is 16.7. The Hall–Kier alpha value is -2.15. The Morgan fingerprint density at radius 3 is 2.58 bits per heavy atom. The van der Waals surface area contributed by atoms with Gasteiger partial charge in [0.05, 0.1) is 19.1 Å². The van der Waals surface area contributed by atoms with E-state index in [0.29, 0.717) is 32.8 Å². The summed E-state index contributed by atoms with van der Waals surface area (Å²) in [6.07, 6.45) is 1.30. The molecule has 2 unspecified atom stereocenters. The summed E-state index contributed by atoms with van der Waals surface area (Å²) < 4.78 is 18.8. The second-order valence-electron chi connectivity index (χ2n) is 6.32. The van der Waals surface area contributed by atoms with E-state index >= 15 is 0 Å². The molecular formula is C17H22FN3O3. The molecule has 2 N–H and O–H groups in total. The fourth-order valence-electron chi connectivity index (χ4n) is 3.37. The van der Waals surface area contributed by atoms with Crippen molar-refractivity contribution < 1.29 is 18.7 Å². The van der Waals surface area contributed by atoms with Gasteiger partial charge in [0, 0.05) is 19.6 Å². The zero-order chi connectivity index (χ0) is 17.1. The largest absolute Gasteiger partial charge is 0.370 e. The molecule has 3 amide bonds. The number of amides is 3. The second-order valence-corrected chi connectivity index (χ2v) is 6.32. The number of nitrogens with two attached hydrogens (primary N) is 1. The molecule has 2 atom stereocenters. The molecule has 0 radical (unpaired) electrons. The number of carbonyl (C=O) groups is 2. The standard InChI is InChI=1S/C17H22FN3O3/c18-14-5-3-12(4-6-14)15-11-20(8-9-24-15)16(22)13-2-1-7-21(10-13)17(19)23/h3-6,13,15H,1-2,7-11H2,(H2,19,23). The molecule has 130 valence electrons. The summed E-state index contributed by atoms with van der Waals surface area (Å²) in [6, 6.07) is 5.68. The van der Waals surface area contributed by atoms with Crippen LogP contribution in [0.2, 0.25) is 0 Å². The van der Waals surface area contributed by atoms with E-state index in [-0.39, 0.29) is 23.7 Å². The van der Waals surface area contributed by atoms with E-state index in [9.17, 15) is 14.0 Å². The molecule has 2 aliphatic rings. The van der Waals surface area contributed by atoms with Gasteiger partial charge in [-0.05, 0) is 30.5 Å². The van der Waals surface area contributed by atoms with Gasteiger partial charge in [0.2, 0.25) is 5.91 Å². The van der Waals surface area contributed by atoms with Crippen LogP contribution in [0.5, 0.6) is 0 Å². The lowest BCUT2D eigenvalue weighted by Crippen LogP contribution is -2.51. The quantitative estimate of drug-likeness (QED) is 0.890. The number of nitrogens with zero attached hydrogens (tertiary/aromatic N) is 2. The third kappa shape index (κ3) is 3.67. The van der Waals surface area contributed by atoms with Crippen molar-refractivity contribution in [2.45, 2.75) is 18.9 Å². The Labute approximate surface area is 140 Å². The predicted molar refractivity (Wildman–Crippen MR) is 85.6 cm³/mol. The number of likely N-dealkylation sites (tertiary alicyclic amines) is 1. The number of benzene rings is 1. The number of halogens is 1. The van der Waals surface area contributed by atoms with Gasteiger partial charge in [0.1, 0.15) is 11.9 Å². The zero-order valence-corrected chi connectivity index (χ0v) is 13.5. The molecule has 1 aromatic rings. The number of primary amides is 1. The number of rotatable bonds is 2. The molecule has 6 nitrogen and oxygen atoms in total. The fourth-order valence-corrected chi connectivity index (χ4v) is 3.37. The van der Waals surface area contributed by atoms with Gasteiger partial charge in [-0.1, -0.05) is 12.1 Å². The van der Waals surface area contributed by atoms with Crippen molar-refractivity contribution in [2.75, 3.05) is 32.8 Å². The summed E-state index contributed by atoms with van der Waals surface area (Å²) in [5.41, 5.74) is 6.19. The SMILES string of the molecule is NC(=O)N1CCCC(C(=O)N2CCOC(c3ccc(F)cc3)C2)C1. The van der Waals surface area contributed by atoms with Crippen molar-refractivity contribution in [2.24, 2.45) is 11.7 Å². The summed E-state index contributed by atoms with van der Waals surface area (Å²) in [6.45, 7) is 2.41. The third-order valence-corrected chi connectivity index (χ3v) is 4.70. The van der Waals surface area contributed by atoms with Crippen LogP contribution in [0.4, 0.5) is 9.18 Å². The average molecular weight is 335 g/mol. The minimum Gasteiger partial charge on any atom is -0.370 e. The van der Waals surface area contributed by atoms with E-state index in [4.69, 9.17) is 10.5 Å². The highest BCUT2D eigenvalue weighted by atomic mass is 19.1. The van der Waals surface area contributed by atoms with E-state index in [2.05, 4.69) is 0 Å². The highest BCUT2D eigenvalue weighted by Gasteiger charge is 2.33. The molecule has 1 aromatic carbocycles. The van der Waals surface area contributed by atoms with Crippen LogP contribution in [-0.2, 0) is 9.53 Å². The van der Waals surface area contributed by atoms with Crippen LogP contribution in [0.25, 0.3) is 0 Å². The number of hydrogen-bond acceptors (Lipinski definition) is 3. The summed E-state index contributed by atoms with van der Waals surface area (Å²) in [7, 11) is 0. The lowest BCUT2D eigenvalue weighted by atomic mass is 9.96. The highest BCUT2D eigenvalue weighted by Crippen LogP contribution is 2.25. The maximum absolute atomic E-state index is 13.1. The van der Waals surface area contributed by atoms with Gasteiger partial charge < -0.3 is 20.3 Å². The van der Waals surface area contributed by atoms with Gasteiger partial charge in [-0.3, -0.25) is 4.79 Å². The molecule has 2 heterocycles. The first-order valence-corrected chi connectivity index (χ1v) is 8.25. The van der Waals surface area contributed by atoms with Crippen LogP contribution in [0.15, 0.2) is 24.3 Å². The van der Waals surface area contributed by atoms with Gasteiger partial charge >= 0.3 is 6.03 Å². The van der Waals surface area contributed by atoms with E-state index in [1.54, 1.807) is 17.0 Å². The van der Waals surface area contributed by atoms with Crippen molar-refractivity contribution in [3.05, 3.63) is 35.6 Å². The minimum absolute atomic E-state index is 0.0383. The number of carbonyl (C=O) groups excluding carboxylic acids is 2. The molecule has 2 saturated heterocycles. The van der Waals surface area contributed by atoms with Crippen molar-refractivity contribution in [3.8, 4) is 0 Å². The van der Waals surface area contributed by atoms with E-state index in [0.717, 1.165) is 18.4 Å². The summed E-state index contributed by atoms with van der Waals surface area (Å²) in [5.74, 6) is -0.467. The maximum Gasteiger partial charge on any atom is 0.314 e. The number of urea groups is 1. The monoisotopic (exact) mass is 335 g/mol. The second kappa shape index (κ2) is 7.17. The molecule has 0 aliphatic carbocycles. The highest BCUT2D eigenvalue weighted by molar-refractivity contribution is 5.80. The summed E-state index contributed by atoms with van der Waals surface area (Å²) >= 11 is 0. The first-order chi connectivity index (χ1) is 11.5. The van der Waals surface area contributed by atoms with Crippen LogP contribution in [0.3, 0.4) is 0 Å². The first-order valence-electron chi connectivity index (χ1n) is 8.25. The maximum atomic E-state index is 13.1. The lowest BCUT2D eigenvalue weighted by Gasteiger charge is -2.38. The van der Waals surface area contributed by atoms with Crippen LogP contribution in [0, 0.1) is 11.7 Å². The Balaban J connectivity index is 1.64. The molecule has 0 bridgehead atoms. The minimum atomic E-state index is -0.473. The van der Waals surface area contributed by atoms with Gasteiger partial charge in [-0.15, -0.1) is 0 Å². The summed E-state index contributed by atoms with van der Waals surface area (Å²) in [4.78, 5) is 27.4. The molecule has 0 spiro atoms.